The summed E-state index contributed by atoms with van der Waals surface area (Å²) in [5.74, 6) is 0.681. The summed E-state index contributed by atoms with van der Waals surface area (Å²) in [7, 11) is 0. The zero-order chi connectivity index (χ0) is 9.84. The lowest BCUT2D eigenvalue weighted by Gasteiger charge is -2.09. The highest BCUT2D eigenvalue weighted by molar-refractivity contribution is 5.82. The Morgan fingerprint density at radius 2 is 2.08 bits per heavy atom. The fourth-order valence-corrected chi connectivity index (χ4v) is 1.24. The third kappa shape index (κ3) is 1.89. The number of aryl methyl sites for hydroxylation is 1. The summed E-state index contributed by atoms with van der Waals surface area (Å²) in [6.07, 6.45) is 0.854. The first-order valence-corrected chi connectivity index (χ1v) is 4.38. The zero-order valence-corrected chi connectivity index (χ0v) is 8.26. The SMILES string of the molecule is CCOc1ccc(C)c(C)c1C=O. The van der Waals surface area contributed by atoms with Crippen molar-refractivity contribution in [2.24, 2.45) is 0 Å². The van der Waals surface area contributed by atoms with Gasteiger partial charge in [-0.1, -0.05) is 6.07 Å². The van der Waals surface area contributed by atoms with Crippen molar-refractivity contribution < 1.29 is 9.53 Å². The standard InChI is InChI=1S/C11H14O2/c1-4-13-11-6-5-8(2)9(3)10(11)7-12/h5-7H,4H2,1-3H3. The van der Waals surface area contributed by atoms with E-state index in [1.165, 1.54) is 0 Å². The number of hydrogen-bond donors (Lipinski definition) is 0. The van der Waals surface area contributed by atoms with Crippen molar-refractivity contribution >= 4 is 6.29 Å². The lowest BCUT2D eigenvalue weighted by molar-refractivity contribution is 0.111. The molecule has 13 heavy (non-hydrogen) atoms. The molecule has 0 aliphatic carbocycles. The molecular formula is C11H14O2. The Morgan fingerprint density at radius 1 is 1.38 bits per heavy atom. The topological polar surface area (TPSA) is 26.3 Å². The number of carbonyl (C=O) groups is 1. The van der Waals surface area contributed by atoms with Crippen LogP contribution in [-0.2, 0) is 0 Å². The minimum atomic E-state index is 0.587. The van der Waals surface area contributed by atoms with E-state index in [0.717, 1.165) is 17.4 Å². The molecule has 1 aromatic carbocycles. The fraction of sp³-hybridized carbons (Fsp3) is 0.364. The normalized spacial score (nSPS) is 9.77. The van der Waals surface area contributed by atoms with Crippen LogP contribution in [0.4, 0.5) is 0 Å². The second-order valence-electron chi connectivity index (χ2n) is 2.97. The van der Waals surface area contributed by atoms with E-state index in [2.05, 4.69) is 0 Å². The van der Waals surface area contributed by atoms with Crippen LogP contribution >= 0.6 is 0 Å². The van der Waals surface area contributed by atoms with E-state index in [-0.39, 0.29) is 0 Å². The molecule has 0 heterocycles. The minimum absolute atomic E-state index is 0.587. The van der Waals surface area contributed by atoms with Crippen LogP contribution in [0.1, 0.15) is 28.4 Å². The molecule has 0 aliphatic heterocycles. The molecule has 1 aromatic rings. The number of ether oxygens (including phenoxy) is 1. The third-order valence-corrected chi connectivity index (χ3v) is 2.16. The Labute approximate surface area is 78.5 Å². The van der Waals surface area contributed by atoms with Gasteiger partial charge in [-0.2, -0.15) is 0 Å². The van der Waals surface area contributed by atoms with Gasteiger partial charge in [0.05, 0.1) is 12.2 Å². The lowest BCUT2D eigenvalue weighted by atomic mass is 10.0. The third-order valence-electron chi connectivity index (χ3n) is 2.16. The number of carbonyl (C=O) groups excluding carboxylic acids is 1. The van der Waals surface area contributed by atoms with Crippen molar-refractivity contribution in [3.63, 3.8) is 0 Å². The lowest BCUT2D eigenvalue weighted by Crippen LogP contribution is -1.99. The second-order valence-corrected chi connectivity index (χ2v) is 2.97. The Morgan fingerprint density at radius 3 is 2.62 bits per heavy atom. The van der Waals surface area contributed by atoms with Gasteiger partial charge in [0.2, 0.25) is 0 Å². The quantitative estimate of drug-likeness (QED) is 0.665. The summed E-state index contributed by atoms with van der Waals surface area (Å²) in [5, 5.41) is 0. The summed E-state index contributed by atoms with van der Waals surface area (Å²) in [4.78, 5) is 10.8. The van der Waals surface area contributed by atoms with Crippen molar-refractivity contribution in [3.8, 4) is 5.75 Å². The predicted molar refractivity (Wildman–Crippen MR) is 52.5 cm³/mol. The van der Waals surface area contributed by atoms with E-state index in [1.54, 1.807) is 0 Å². The molecule has 0 aromatic heterocycles. The first-order valence-electron chi connectivity index (χ1n) is 4.38. The van der Waals surface area contributed by atoms with Gasteiger partial charge in [-0.05, 0) is 38.0 Å². The molecule has 2 heteroatoms. The van der Waals surface area contributed by atoms with Gasteiger partial charge in [-0.3, -0.25) is 4.79 Å². The molecular weight excluding hydrogens is 164 g/mol. The van der Waals surface area contributed by atoms with Crippen molar-refractivity contribution in [2.75, 3.05) is 6.61 Å². The largest absolute Gasteiger partial charge is 0.493 e. The molecule has 0 bridgehead atoms. The first-order chi connectivity index (χ1) is 6.20. The summed E-state index contributed by atoms with van der Waals surface area (Å²) in [6, 6.07) is 3.81. The Kier molecular flexibility index (Phi) is 3.07. The molecule has 0 spiro atoms. The molecule has 0 aliphatic rings. The summed E-state index contributed by atoms with van der Waals surface area (Å²) >= 11 is 0. The van der Waals surface area contributed by atoms with Gasteiger partial charge in [0, 0.05) is 0 Å². The van der Waals surface area contributed by atoms with Crippen molar-refractivity contribution in [3.05, 3.63) is 28.8 Å². The Hall–Kier alpha value is -1.31. The summed E-state index contributed by atoms with van der Waals surface area (Å²) in [5.41, 5.74) is 2.79. The van der Waals surface area contributed by atoms with E-state index in [9.17, 15) is 4.79 Å². The van der Waals surface area contributed by atoms with Crippen LogP contribution in [0.25, 0.3) is 0 Å². The highest BCUT2D eigenvalue weighted by atomic mass is 16.5. The molecule has 0 saturated heterocycles. The van der Waals surface area contributed by atoms with Gasteiger partial charge in [-0.25, -0.2) is 0 Å². The molecule has 0 unspecified atom stereocenters. The minimum Gasteiger partial charge on any atom is -0.493 e. The number of hydrogen-bond acceptors (Lipinski definition) is 2. The van der Waals surface area contributed by atoms with Crippen LogP contribution in [0.3, 0.4) is 0 Å². The molecule has 0 fully saturated rings. The van der Waals surface area contributed by atoms with E-state index in [0.29, 0.717) is 17.9 Å². The molecule has 0 radical (unpaired) electrons. The maximum atomic E-state index is 10.8. The maximum Gasteiger partial charge on any atom is 0.154 e. The van der Waals surface area contributed by atoms with E-state index < -0.39 is 0 Å². The average molecular weight is 178 g/mol. The number of aldehydes is 1. The van der Waals surface area contributed by atoms with Gasteiger partial charge >= 0.3 is 0 Å². The average Bonchev–Trinajstić information content (AvgIpc) is 2.12. The van der Waals surface area contributed by atoms with Crippen LogP contribution in [0, 0.1) is 13.8 Å². The monoisotopic (exact) mass is 178 g/mol. The van der Waals surface area contributed by atoms with E-state index in [1.807, 2.05) is 32.9 Å². The molecule has 0 N–H and O–H groups in total. The first kappa shape index (κ1) is 9.78. The number of rotatable bonds is 3. The summed E-state index contributed by atoms with van der Waals surface area (Å²) < 4.78 is 5.33. The van der Waals surface area contributed by atoms with Gasteiger partial charge < -0.3 is 4.74 Å². The van der Waals surface area contributed by atoms with E-state index >= 15 is 0 Å². The summed E-state index contributed by atoms with van der Waals surface area (Å²) in [6.45, 7) is 6.41. The smallest absolute Gasteiger partial charge is 0.154 e. The number of benzene rings is 1. The van der Waals surface area contributed by atoms with Gasteiger partial charge in [0.1, 0.15) is 5.75 Å². The molecule has 0 saturated carbocycles. The van der Waals surface area contributed by atoms with Crippen molar-refractivity contribution in [2.45, 2.75) is 20.8 Å². The van der Waals surface area contributed by atoms with Gasteiger partial charge in [0.25, 0.3) is 0 Å². The molecule has 0 atom stereocenters. The Balaban J connectivity index is 3.21. The Bertz CT molecular complexity index is 316. The molecule has 1 rings (SSSR count). The van der Waals surface area contributed by atoms with Crippen molar-refractivity contribution in [1.82, 2.24) is 0 Å². The van der Waals surface area contributed by atoms with Crippen LogP contribution in [0.15, 0.2) is 12.1 Å². The van der Waals surface area contributed by atoms with Gasteiger partial charge in [-0.15, -0.1) is 0 Å². The predicted octanol–water partition coefficient (Wildman–Crippen LogP) is 2.51. The van der Waals surface area contributed by atoms with E-state index in [4.69, 9.17) is 4.74 Å². The zero-order valence-electron chi connectivity index (χ0n) is 8.26. The van der Waals surface area contributed by atoms with Crippen LogP contribution in [0.5, 0.6) is 5.75 Å². The fourth-order valence-electron chi connectivity index (χ4n) is 1.24. The highest BCUT2D eigenvalue weighted by Gasteiger charge is 2.07. The van der Waals surface area contributed by atoms with Gasteiger partial charge in [0.15, 0.2) is 6.29 Å². The highest BCUT2D eigenvalue weighted by Crippen LogP contribution is 2.22. The maximum absolute atomic E-state index is 10.8. The molecule has 70 valence electrons. The van der Waals surface area contributed by atoms with Crippen LogP contribution in [0.2, 0.25) is 0 Å². The van der Waals surface area contributed by atoms with Crippen LogP contribution in [-0.4, -0.2) is 12.9 Å². The molecule has 2 nitrogen and oxygen atoms in total. The molecule has 0 amide bonds. The van der Waals surface area contributed by atoms with Crippen molar-refractivity contribution in [1.29, 1.82) is 0 Å². The second kappa shape index (κ2) is 4.08. The van der Waals surface area contributed by atoms with Crippen LogP contribution < -0.4 is 4.74 Å².